The monoisotopic (exact) mass is 435 g/mol. The van der Waals surface area contributed by atoms with Crippen LogP contribution < -0.4 is 10.6 Å². The van der Waals surface area contributed by atoms with Crippen molar-refractivity contribution < 1.29 is 18.0 Å². The number of nitrogens with zero attached hydrogens (tertiary/aromatic N) is 1. The molecule has 156 valence electrons. The van der Waals surface area contributed by atoms with Crippen molar-refractivity contribution in [2.75, 3.05) is 26.2 Å². The van der Waals surface area contributed by atoms with Crippen molar-refractivity contribution in [2.24, 2.45) is 5.92 Å². The number of hydrogen-bond acceptors (Lipinski definition) is 5. The van der Waals surface area contributed by atoms with Gasteiger partial charge in [0.15, 0.2) is 0 Å². The predicted molar refractivity (Wildman–Crippen MR) is 112 cm³/mol. The summed E-state index contributed by atoms with van der Waals surface area (Å²) in [7, 11) is -3.54. The number of benzene rings is 1. The second-order valence-corrected chi connectivity index (χ2v) is 10.1. The van der Waals surface area contributed by atoms with Crippen molar-refractivity contribution >= 4 is 33.2 Å². The van der Waals surface area contributed by atoms with Crippen LogP contribution in [0.4, 0.5) is 0 Å². The van der Waals surface area contributed by atoms with Crippen molar-refractivity contribution in [1.82, 2.24) is 14.9 Å². The van der Waals surface area contributed by atoms with E-state index in [2.05, 4.69) is 10.6 Å². The molecule has 1 saturated heterocycles. The van der Waals surface area contributed by atoms with E-state index >= 15 is 0 Å². The van der Waals surface area contributed by atoms with Crippen LogP contribution in [0.5, 0.6) is 0 Å². The third kappa shape index (κ3) is 5.88. The number of piperidine rings is 1. The zero-order valence-electron chi connectivity index (χ0n) is 16.0. The molecule has 0 saturated carbocycles. The molecule has 2 amide bonds. The van der Waals surface area contributed by atoms with Crippen molar-refractivity contribution in [3.05, 3.63) is 53.4 Å². The van der Waals surface area contributed by atoms with Crippen molar-refractivity contribution in [3.8, 4) is 0 Å². The number of nitrogens with one attached hydrogen (secondary N) is 2. The third-order valence-corrected chi connectivity index (χ3v) is 8.04. The molecule has 1 aliphatic rings. The van der Waals surface area contributed by atoms with Gasteiger partial charge in [-0.3, -0.25) is 9.59 Å². The van der Waals surface area contributed by atoms with Gasteiger partial charge in [-0.15, -0.1) is 11.3 Å². The first kappa shape index (κ1) is 21.5. The van der Waals surface area contributed by atoms with Gasteiger partial charge in [-0.1, -0.05) is 36.4 Å². The summed E-state index contributed by atoms with van der Waals surface area (Å²) in [5.74, 6) is -0.650. The zero-order chi connectivity index (χ0) is 20.7. The van der Waals surface area contributed by atoms with E-state index in [1.807, 2.05) is 30.3 Å². The van der Waals surface area contributed by atoms with Gasteiger partial charge in [0.05, 0.1) is 12.3 Å². The van der Waals surface area contributed by atoms with E-state index in [0.717, 1.165) is 5.56 Å². The third-order valence-electron chi connectivity index (χ3n) is 4.80. The SMILES string of the molecule is O=C(Cc1ccccc1)NCCNC(=O)C1CCCN(S(=O)(=O)c2cccs2)C1. The number of hydrogen-bond donors (Lipinski definition) is 2. The maximum atomic E-state index is 12.7. The fourth-order valence-electron chi connectivity index (χ4n) is 3.29. The van der Waals surface area contributed by atoms with E-state index in [0.29, 0.717) is 43.1 Å². The minimum Gasteiger partial charge on any atom is -0.354 e. The smallest absolute Gasteiger partial charge is 0.252 e. The molecule has 9 heteroatoms. The molecule has 1 aromatic heterocycles. The lowest BCUT2D eigenvalue weighted by atomic mass is 9.99. The van der Waals surface area contributed by atoms with Crippen molar-refractivity contribution in [2.45, 2.75) is 23.5 Å². The largest absolute Gasteiger partial charge is 0.354 e. The van der Waals surface area contributed by atoms with Gasteiger partial charge in [0.25, 0.3) is 10.0 Å². The Morgan fingerprint density at radius 2 is 1.83 bits per heavy atom. The van der Waals surface area contributed by atoms with Gasteiger partial charge in [-0.25, -0.2) is 8.42 Å². The molecule has 1 atom stereocenters. The lowest BCUT2D eigenvalue weighted by Gasteiger charge is -2.30. The molecule has 0 bridgehead atoms. The fourth-order valence-corrected chi connectivity index (χ4v) is 5.96. The van der Waals surface area contributed by atoms with Crippen molar-refractivity contribution in [3.63, 3.8) is 0 Å². The maximum absolute atomic E-state index is 12.7. The number of carbonyl (C=O) groups is 2. The molecule has 2 aromatic rings. The molecule has 0 spiro atoms. The molecule has 0 radical (unpaired) electrons. The van der Waals surface area contributed by atoms with E-state index in [-0.39, 0.29) is 24.3 Å². The first-order chi connectivity index (χ1) is 14.0. The summed E-state index contributed by atoms with van der Waals surface area (Å²) in [6.45, 7) is 1.26. The Balaban J connectivity index is 1.42. The molecule has 2 N–H and O–H groups in total. The van der Waals surface area contributed by atoms with Crippen molar-refractivity contribution in [1.29, 1.82) is 0 Å². The second-order valence-electron chi connectivity index (χ2n) is 6.94. The Kier molecular flexibility index (Phi) is 7.40. The summed E-state index contributed by atoms with van der Waals surface area (Å²) >= 11 is 1.18. The minimum atomic E-state index is -3.54. The van der Waals surface area contributed by atoms with E-state index in [9.17, 15) is 18.0 Å². The van der Waals surface area contributed by atoms with Crippen LogP contribution in [-0.2, 0) is 26.0 Å². The van der Waals surface area contributed by atoms with Gasteiger partial charge in [0.2, 0.25) is 11.8 Å². The topological polar surface area (TPSA) is 95.6 Å². The molecule has 1 fully saturated rings. The molecule has 1 aromatic carbocycles. The van der Waals surface area contributed by atoms with Crippen LogP contribution in [0, 0.1) is 5.92 Å². The van der Waals surface area contributed by atoms with Crippen LogP contribution in [-0.4, -0.2) is 50.7 Å². The van der Waals surface area contributed by atoms with Gasteiger partial charge in [0, 0.05) is 26.2 Å². The van der Waals surface area contributed by atoms with Crippen LogP contribution in [0.3, 0.4) is 0 Å². The van der Waals surface area contributed by atoms with Crippen LogP contribution >= 0.6 is 11.3 Å². The normalized spacial score (nSPS) is 17.6. The Morgan fingerprint density at radius 3 is 2.55 bits per heavy atom. The van der Waals surface area contributed by atoms with Gasteiger partial charge >= 0.3 is 0 Å². The number of rotatable bonds is 8. The summed E-state index contributed by atoms with van der Waals surface area (Å²) in [6.07, 6.45) is 1.60. The second kappa shape index (κ2) is 10.00. The summed E-state index contributed by atoms with van der Waals surface area (Å²) in [5.41, 5.74) is 0.934. The van der Waals surface area contributed by atoms with Crippen LogP contribution in [0.2, 0.25) is 0 Å². The van der Waals surface area contributed by atoms with Crippen LogP contribution in [0.25, 0.3) is 0 Å². The van der Waals surface area contributed by atoms with E-state index in [4.69, 9.17) is 0 Å². The van der Waals surface area contributed by atoms with Gasteiger partial charge in [0.1, 0.15) is 4.21 Å². The molecule has 3 rings (SSSR count). The predicted octanol–water partition coefficient (Wildman–Crippen LogP) is 1.62. The average Bonchev–Trinajstić information content (AvgIpc) is 3.28. The van der Waals surface area contributed by atoms with Crippen LogP contribution in [0.15, 0.2) is 52.1 Å². The minimum absolute atomic E-state index is 0.101. The Hall–Kier alpha value is -2.23. The maximum Gasteiger partial charge on any atom is 0.252 e. The first-order valence-corrected chi connectivity index (χ1v) is 11.9. The molecule has 7 nitrogen and oxygen atoms in total. The summed E-state index contributed by atoms with van der Waals surface area (Å²) in [6, 6.07) is 12.7. The molecule has 0 aliphatic carbocycles. The highest BCUT2D eigenvalue weighted by Crippen LogP contribution is 2.26. The summed E-state index contributed by atoms with van der Waals surface area (Å²) < 4.78 is 27.0. The van der Waals surface area contributed by atoms with E-state index in [1.165, 1.54) is 15.6 Å². The van der Waals surface area contributed by atoms with E-state index in [1.54, 1.807) is 17.5 Å². The quantitative estimate of drug-likeness (QED) is 0.616. The Bertz CT molecular complexity index is 914. The van der Waals surface area contributed by atoms with Gasteiger partial charge in [-0.2, -0.15) is 4.31 Å². The molecule has 2 heterocycles. The van der Waals surface area contributed by atoms with Gasteiger partial charge in [-0.05, 0) is 29.9 Å². The molecule has 29 heavy (non-hydrogen) atoms. The number of thiophene rings is 1. The highest BCUT2D eigenvalue weighted by Gasteiger charge is 2.33. The summed E-state index contributed by atoms with van der Waals surface area (Å²) in [4.78, 5) is 24.4. The van der Waals surface area contributed by atoms with E-state index < -0.39 is 10.0 Å². The number of sulfonamides is 1. The number of carbonyl (C=O) groups excluding carboxylic acids is 2. The zero-order valence-corrected chi connectivity index (χ0v) is 17.7. The summed E-state index contributed by atoms with van der Waals surface area (Å²) in [5, 5.41) is 7.32. The molecule has 1 aliphatic heterocycles. The molecule has 1 unspecified atom stereocenters. The fraction of sp³-hybridized carbons (Fsp3) is 0.400. The van der Waals surface area contributed by atoms with Gasteiger partial charge < -0.3 is 10.6 Å². The lowest BCUT2D eigenvalue weighted by Crippen LogP contribution is -2.46. The standard InChI is InChI=1S/C20H25N3O4S2/c24-18(14-16-6-2-1-3-7-16)21-10-11-22-20(25)17-8-4-12-23(15-17)29(26,27)19-9-5-13-28-19/h1-3,5-7,9,13,17H,4,8,10-12,14-15H2,(H,21,24)(H,22,25). The average molecular weight is 436 g/mol. The lowest BCUT2D eigenvalue weighted by molar-refractivity contribution is -0.126. The molecular formula is C20H25N3O4S2. The Morgan fingerprint density at radius 1 is 1.07 bits per heavy atom. The Labute approximate surface area is 175 Å². The first-order valence-electron chi connectivity index (χ1n) is 9.59. The number of amides is 2. The highest BCUT2D eigenvalue weighted by atomic mass is 32.2. The van der Waals surface area contributed by atoms with Crippen LogP contribution in [0.1, 0.15) is 18.4 Å². The highest BCUT2D eigenvalue weighted by molar-refractivity contribution is 7.91. The molecular weight excluding hydrogens is 410 g/mol.